The van der Waals surface area contributed by atoms with Gasteiger partial charge in [0.05, 0.1) is 6.61 Å². The lowest BCUT2D eigenvalue weighted by molar-refractivity contribution is 0.109. The minimum Gasteiger partial charge on any atom is -0.395 e. The first kappa shape index (κ1) is 14.7. The Bertz CT molecular complexity index is 547. The molecule has 4 heteroatoms. The maximum Gasteiger partial charge on any atom is 0.0558 e. The second-order valence-corrected chi connectivity index (χ2v) is 6.50. The van der Waals surface area contributed by atoms with Crippen LogP contribution in [-0.2, 0) is 6.54 Å². The van der Waals surface area contributed by atoms with Crippen molar-refractivity contribution >= 4 is 11.3 Å². The van der Waals surface area contributed by atoms with Crippen molar-refractivity contribution in [2.45, 2.75) is 6.54 Å². The molecule has 1 saturated heterocycles. The summed E-state index contributed by atoms with van der Waals surface area (Å²) in [5.41, 5.74) is 2.63. The Labute approximate surface area is 130 Å². The third-order valence-electron chi connectivity index (χ3n) is 4.02. The summed E-state index contributed by atoms with van der Waals surface area (Å²) in [4.78, 5) is 6.28. The van der Waals surface area contributed by atoms with Crippen LogP contribution in [0.25, 0.3) is 11.1 Å². The van der Waals surface area contributed by atoms with Crippen molar-refractivity contribution in [3.8, 4) is 11.1 Å². The van der Waals surface area contributed by atoms with E-state index >= 15 is 0 Å². The van der Waals surface area contributed by atoms with Crippen molar-refractivity contribution in [2.75, 3.05) is 39.3 Å². The van der Waals surface area contributed by atoms with Gasteiger partial charge in [0.2, 0.25) is 0 Å². The zero-order valence-corrected chi connectivity index (χ0v) is 13.1. The minimum absolute atomic E-state index is 0.269. The van der Waals surface area contributed by atoms with Gasteiger partial charge in [-0.15, -0.1) is 11.3 Å². The lowest BCUT2D eigenvalue weighted by Gasteiger charge is -2.34. The number of aliphatic hydroxyl groups is 1. The highest BCUT2D eigenvalue weighted by Gasteiger charge is 2.17. The van der Waals surface area contributed by atoms with Crippen LogP contribution in [0.15, 0.2) is 41.8 Å². The largest absolute Gasteiger partial charge is 0.395 e. The highest BCUT2D eigenvalue weighted by Crippen LogP contribution is 2.26. The van der Waals surface area contributed by atoms with Gasteiger partial charge in [-0.1, -0.05) is 30.3 Å². The molecule has 1 aliphatic heterocycles. The van der Waals surface area contributed by atoms with E-state index in [4.69, 9.17) is 5.11 Å². The van der Waals surface area contributed by atoms with Crippen molar-refractivity contribution in [1.29, 1.82) is 0 Å². The lowest BCUT2D eigenvalue weighted by Crippen LogP contribution is -2.46. The molecule has 1 aromatic carbocycles. The summed E-state index contributed by atoms with van der Waals surface area (Å²) >= 11 is 1.85. The van der Waals surface area contributed by atoms with Crippen molar-refractivity contribution in [2.24, 2.45) is 0 Å². The van der Waals surface area contributed by atoms with E-state index in [2.05, 4.69) is 51.6 Å². The molecule has 21 heavy (non-hydrogen) atoms. The van der Waals surface area contributed by atoms with E-state index in [9.17, 15) is 0 Å². The van der Waals surface area contributed by atoms with Crippen LogP contribution in [0.2, 0.25) is 0 Å². The summed E-state index contributed by atoms with van der Waals surface area (Å²) in [6.45, 7) is 6.45. The van der Waals surface area contributed by atoms with Crippen LogP contribution in [0.4, 0.5) is 0 Å². The number of hydrogen-bond donors (Lipinski definition) is 1. The van der Waals surface area contributed by atoms with E-state index in [0.29, 0.717) is 0 Å². The quantitative estimate of drug-likeness (QED) is 0.919. The van der Waals surface area contributed by atoms with Crippen LogP contribution in [-0.4, -0.2) is 54.2 Å². The fourth-order valence-electron chi connectivity index (χ4n) is 2.78. The zero-order valence-electron chi connectivity index (χ0n) is 12.2. The Morgan fingerprint density at radius 2 is 1.67 bits per heavy atom. The third-order valence-corrected chi connectivity index (χ3v) is 4.94. The first-order valence-electron chi connectivity index (χ1n) is 7.53. The van der Waals surface area contributed by atoms with Crippen LogP contribution < -0.4 is 0 Å². The van der Waals surface area contributed by atoms with E-state index in [1.54, 1.807) is 0 Å². The number of aliphatic hydroxyl groups excluding tert-OH is 1. The first-order valence-corrected chi connectivity index (χ1v) is 8.41. The van der Waals surface area contributed by atoms with Crippen molar-refractivity contribution in [1.82, 2.24) is 9.80 Å². The summed E-state index contributed by atoms with van der Waals surface area (Å²) in [7, 11) is 0. The fourth-order valence-corrected chi connectivity index (χ4v) is 3.71. The first-order chi connectivity index (χ1) is 10.3. The molecule has 2 heterocycles. The van der Waals surface area contributed by atoms with Crippen molar-refractivity contribution in [3.63, 3.8) is 0 Å². The second kappa shape index (κ2) is 7.18. The topological polar surface area (TPSA) is 26.7 Å². The van der Waals surface area contributed by atoms with Gasteiger partial charge in [-0.2, -0.15) is 0 Å². The maximum atomic E-state index is 8.98. The molecule has 0 unspecified atom stereocenters. The maximum absolute atomic E-state index is 8.98. The predicted octanol–water partition coefficient (Wildman–Crippen LogP) is 2.53. The van der Waals surface area contributed by atoms with Crippen LogP contribution in [0.3, 0.4) is 0 Å². The van der Waals surface area contributed by atoms with Gasteiger partial charge >= 0.3 is 0 Å². The number of piperazine rings is 1. The van der Waals surface area contributed by atoms with Gasteiger partial charge in [-0.25, -0.2) is 0 Å². The van der Waals surface area contributed by atoms with Gasteiger partial charge in [-0.05, 0) is 22.6 Å². The Morgan fingerprint density at radius 3 is 2.38 bits per heavy atom. The van der Waals surface area contributed by atoms with Gasteiger partial charge in [0.15, 0.2) is 0 Å². The van der Waals surface area contributed by atoms with E-state index < -0.39 is 0 Å². The summed E-state index contributed by atoms with van der Waals surface area (Å²) in [5, 5.41) is 11.2. The van der Waals surface area contributed by atoms with E-state index in [0.717, 1.165) is 39.3 Å². The average molecular weight is 302 g/mol. The number of nitrogens with zero attached hydrogens (tertiary/aromatic N) is 2. The van der Waals surface area contributed by atoms with Crippen LogP contribution in [0, 0.1) is 0 Å². The van der Waals surface area contributed by atoms with E-state index in [1.165, 1.54) is 16.0 Å². The predicted molar refractivity (Wildman–Crippen MR) is 88.6 cm³/mol. The Hall–Kier alpha value is -1.20. The molecule has 0 spiro atoms. The summed E-state index contributed by atoms with van der Waals surface area (Å²) in [6.07, 6.45) is 0. The molecule has 1 N–H and O–H groups in total. The lowest BCUT2D eigenvalue weighted by atomic mass is 10.1. The minimum atomic E-state index is 0.269. The third kappa shape index (κ3) is 3.92. The fraction of sp³-hybridized carbons (Fsp3) is 0.412. The summed E-state index contributed by atoms with van der Waals surface area (Å²) in [5.74, 6) is 0. The van der Waals surface area contributed by atoms with Gasteiger partial charge in [0.1, 0.15) is 0 Å². The van der Waals surface area contributed by atoms with Gasteiger partial charge in [0, 0.05) is 44.1 Å². The normalized spacial score (nSPS) is 17.2. The number of hydrogen-bond acceptors (Lipinski definition) is 4. The molecule has 0 bridgehead atoms. The molecule has 3 rings (SSSR count). The molecule has 0 aliphatic carbocycles. The number of rotatable bonds is 5. The molecule has 1 aliphatic rings. The molecule has 0 saturated carbocycles. The second-order valence-electron chi connectivity index (χ2n) is 5.51. The van der Waals surface area contributed by atoms with E-state index in [-0.39, 0.29) is 6.61 Å². The van der Waals surface area contributed by atoms with Crippen LogP contribution in [0.5, 0.6) is 0 Å². The smallest absolute Gasteiger partial charge is 0.0558 e. The summed E-state index contributed by atoms with van der Waals surface area (Å²) in [6, 6.07) is 12.9. The van der Waals surface area contributed by atoms with Crippen molar-refractivity contribution in [3.05, 3.63) is 46.7 Å². The molecule has 1 fully saturated rings. The summed E-state index contributed by atoms with van der Waals surface area (Å²) < 4.78 is 0. The van der Waals surface area contributed by atoms with E-state index in [1.807, 2.05) is 11.3 Å². The Kier molecular flexibility index (Phi) is 5.04. The molecular formula is C17H22N2OS. The molecule has 112 valence electrons. The zero-order chi connectivity index (χ0) is 14.5. The molecule has 2 aromatic rings. The number of benzene rings is 1. The number of thiophene rings is 1. The van der Waals surface area contributed by atoms with Gasteiger partial charge in [-0.3, -0.25) is 9.80 Å². The molecular weight excluding hydrogens is 280 g/mol. The molecule has 1 aromatic heterocycles. The number of β-amino-alcohol motifs (C(OH)–C–C–N with tert-alkyl or cyclic N) is 1. The molecule has 0 amide bonds. The molecule has 3 nitrogen and oxygen atoms in total. The average Bonchev–Trinajstić information content (AvgIpc) is 2.99. The SMILES string of the molecule is OCCN1CCN(Cc2cc(-c3ccccc3)cs2)CC1. The molecule has 0 atom stereocenters. The highest BCUT2D eigenvalue weighted by molar-refractivity contribution is 7.10. The van der Waals surface area contributed by atoms with Gasteiger partial charge in [0.25, 0.3) is 0 Å². The van der Waals surface area contributed by atoms with Crippen molar-refractivity contribution < 1.29 is 5.11 Å². The monoisotopic (exact) mass is 302 g/mol. The van der Waals surface area contributed by atoms with Crippen LogP contribution in [0.1, 0.15) is 4.88 Å². The standard InChI is InChI=1S/C17H22N2OS/c20-11-10-18-6-8-19(9-7-18)13-17-12-16(14-21-17)15-4-2-1-3-5-15/h1-5,12,14,20H,6-11,13H2. The highest BCUT2D eigenvalue weighted by atomic mass is 32.1. The van der Waals surface area contributed by atoms with Gasteiger partial charge < -0.3 is 5.11 Å². The molecule has 0 radical (unpaired) electrons. The Balaban J connectivity index is 1.56. The Morgan fingerprint density at radius 1 is 0.952 bits per heavy atom. The van der Waals surface area contributed by atoms with Crippen LogP contribution >= 0.6 is 11.3 Å².